The maximum absolute atomic E-state index is 11.7. The first-order valence-electron chi connectivity index (χ1n) is 6.02. The highest BCUT2D eigenvalue weighted by molar-refractivity contribution is 5.89. The molecule has 0 aromatic rings. The second-order valence-corrected chi connectivity index (χ2v) is 4.34. The first-order valence-corrected chi connectivity index (χ1v) is 6.02. The van der Waals surface area contributed by atoms with Gasteiger partial charge in [0, 0.05) is 6.04 Å². The van der Waals surface area contributed by atoms with Gasteiger partial charge in [-0.05, 0) is 25.8 Å². The molecule has 0 aliphatic heterocycles. The SMILES string of the molecule is C=C/C=C(\C=C)CC(N)C(O)C(=O)NC(C)C(C)=O. The molecule has 3 atom stereocenters. The predicted octanol–water partition coefficient (Wildman–Crippen LogP) is 0.457. The van der Waals surface area contributed by atoms with Crippen LogP contribution in [0.2, 0.25) is 0 Å². The highest BCUT2D eigenvalue weighted by Crippen LogP contribution is 2.09. The minimum atomic E-state index is -1.38. The number of aliphatic hydroxyl groups excluding tert-OH is 1. The number of allylic oxidation sites excluding steroid dienone is 3. The van der Waals surface area contributed by atoms with Gasteiger partial charge in [0.05, 0.1) is 6.04 Å². The van der Waals surface area contributed by atoms with Crippen LogP contribution in [0.1, 0.15) is 20.3 Å². The zero-order valence-corrected chi connectivity index (χ0v) is 11.4. The Balaban J connectivity index is 4.55. The van der Waals surface area contributed by atoms with Gasteiger partial charge >= 0.3 is 0 Å². The number of hydrogen-bond donors (Lipinski definition) is 3. The molecule has 5 nitrogen and oxygen atoms in total. The highest BCUT2D eigenvalue weighted by atomic mass is 16.3. The predicted molar refractivity (Wildman–Crippen MR) is 75.4 cm³/mol. The number of aliphatic hydroxyl groups is 1. The Kier molecular flexibility index (Phi) is 7.63. The van der Waals surface area contributed by atoms with Crippen LogP contribution in [0.4, 0.5) is 0 Å². The number of carbonyl (C=O) groups excluding carboxylic acids is 2. The zero-order chi connectivity index (χ0) is 15.0. The normalized spacial score (nSPS) is 16.1. The molecule has 0 spiro atoms. The van der Waals surface area contributed by atoms with Gasteiger partial charge in [0.15, 0.2) is 5.78 Å². The van der Waals surface area contributed by atoms with Gasteiger partial charge in [0.25, 0.3) is 5.91 Å². The summed E-state index contributed by atoms with van der Waals surface area (Å²) in [7, 11) is 0. The fraction of sp³-hybridized carbons (Fsp3) is 0.429. The summed E-state index contributed by atoms with van der Waals surface area (Å²) >= 11 is 0. The van der Waals surface area contributed by atoms with Gasteiger partial charge in [-0.25, -0.2) is 0 Å². The van der Waals surface area contributed by atoms with Crippen molar-refractivity contribution in [1.29, 1.82) is 0 Å². The van der Waals surface area contributed by atoms with Crippen LogP contribution in [-0.4, -0.2) is 35.0 Å². The lowest BCUT2D eigenvalue weighted by molar-refractivity contribution is -0.133. The summed E-state index contributed by atoms with van der Waals surface area (Å²) in [5.41, 5.74) is 6.53. The molecule has 1 amide bonds. The number of rotatable bonds is 8. The van der Waals surface area contributed by atoms with Crippen LogP contribution in [0.15, 0.2) is 37.0 Å². The van der Waals surface area contributed by atoms with E-state index in [1.54, 1.807) is 25.2 Å². The summed E-state index contributed by atoms with van der Waals surface area (Å²) in [5.74, 6) is -0.843. The van der Waals surface area contributed by atoms with E-state index in [0.29, 0.717) is 6.42 Å². The molecule has 0 saturated heterocycles. The second-order valence-electron chi connectivity index (χ2n) is 4.34. The second kappa shape index (κ2) is 8.39. The molecule has 106 valence electrons. The molecule has 0 aliphatic carbocycles. The molecule has 0 aromatic heterocycles. The molecule has 0 aromatic carbocycles. The molecule has 3 unspecified atom stereocenters. The third-order valence-corrected chi connectivity index (χ3v) is 2.71. The van der Waals surface area contributed by atoms with E-state index in [4.69, 9.17) is 5.73 Å². The number of Topliss-reactive ketones (excluding diaryl/α,β-unsaturated/α-hetero) is 1. The molecule has 5 heteroatoms. The maximum atomic E-state index is 11.7. The van der Waals surface area contributed by atoms with Crippen molar-refractivity contribution >= 4 is 11.7 Å². The highest BCUT2D eigenvalue weighted by Gasteiger charge is 2.25. The van der Waals surface area contributed by atoms with Gasteiger partial charge in [-0.1, -0.05) is 31.4 Å². The lowest BCUT2D eigenvalue weighted by atomic mass is 10.0. The summed E-state index contributed by atoms with van der Waals surface area (Å²) in [6.45, 7) is 10.1. The van der Waals surface area contributed by atoms with Gasteiger partial charge in [-0.2, -0.15) is 0 Å². The van der Waals surface area contributed by atoms with Crippen molar-refractivity contribution in [2.24, 2.45) is 5.73 Å². The summed E-state index contributed by atoms with van der Waals surface area (Å²) in [4.78, 5) is 22.7. The summed E-state index contributed by atoms with van der Waals surface area (Å²) < 4.78 is 0. The van der Waals surface area contributed by atoms with E-state index in [1.165, 1.54) is 6.92 Å². The maximum Gasteiger partial charge on any atom is 0.251 e. The van der Waals surface area contributed by atoms with Gasteiger partial charge in [0.2, 0.25) is 0 Å². The van der Waals surface area contributed by atoms with E-state index < -0.39 is 24.1 Å². The van der Waals surface area contributed by atoms with Crippen molar-refractivity contribution < 1.29 is 14.7 Å². The van der Waals surface area contributed by atoms with Crippen molar-refractivity contribution in [2.75, 3.05) is 0 Å². The Morgan fingerprint density at radius 1 is 1.42 bits per heavy atom. The minimum Gasteiger partial charge on any atom is -0.382 e. The number of nitrogens with one attached hydrogen (secondary N) is 1. The van der Waals surface area contributed by atoms with Gasteiger partial charge < -0.3 is 16.2 Å². The van der Waals surface area contributed by atoms with E-state index >= 15 is 0 Å². The Morgan fingerprint density at radius 3 is 2.42 bits per heavy atom. The van der Waals surface area contributed by atoms with Crippen LogP contribution >= 0.6 is 0 Å². The Hall–Kier alpha value is -1.72. The third kappa shape index (κ3) is 6.13. The molecule has 0 bridgehead atoms. The van der Waals surface area contributed by atoms with E-state index in [9.17, 15) is 14.7 Å². The van der Waals surface area contributed by atoms with Crippen LogP contribution < -0.4 is 11.1 Å². The van der Waals surface area contributed by atoms with E-state index in [-0.39, 0.29) is 5.78 Å². The summed E-state index contributed by atoms with van der Waals surface area (Å²) in [6.07, 6.45) is 3.78. The smallest absolute Gasteiger partial charge is 0.251 e. The largest absolute Gasteiger partial charge is 0.382 e. The molecular weight excluding hydrogens is 244 g/mol. The number of hydrogen-bond acceptors (Lipinski definition) is 4. The molecular formula is C14H22N2O3. The summed E-state index contributed by atoms with van der Waals surface area (Å²) in [6, 6.07) is -1.42. The van der Waals surface area contributed by atoms with Crippen LogP contribution in [-0.2, 0) is 9.59 Å². The average Bonchev–Trinajstić information content (AvgIpc) is 2.36. The quantitative estimate of drug-likeness (QED) is 0.556. The first-order chi connectivity index (χ1) is 8.83. The van der Waals surface area contributed by atoms with E-state index in [0.717, 1.165) is 5.57 Å². The number of carbonyl (C=O) groups is 2. The molecule has 0 heterocycles. The number of ketones is 1. The van der Waals surface area contributed by atoms with Crippen LogP contribution in [0.25, 0.3) is 0 Å². The Morgan fingerprint density at radius 2 is 2.00 bits per heavy atom. The topological polar surface area (TPSA) is 92.4 Å². The van der Waals surface area contributed by atoms with Crippen molar-refractivity contribution in [3.8, 4) is 0 Å². The number of amides is 1. The third-order valence-electron chi connectivity index (χ3n) is 2.71. The molecule has 0 saturated carbocycles. The first kappa shape index (κ1) is 17.3. The molecule has 0 aliphatic rings. The van der Waals surface area contributed by atoms with Crippen molar-refractivity contribution in [3.63, 3.8) is 0 Å². The lowest BCUT2D eigenvalue weighted by Crippen LogP contribution is -2.50. The monoisotopic (exact) mass is 266 g/mol. The fourth-order valence-corrected chi connectivity index (χ4v) is 1.35. The molecule has 19 heavy (non-hydrogen) atoms. The van der Waals surface area contributed by atoms with E-state index in [2.05, 4.69) is 18.5 Å². The summed E-state index contributed by atoms with van der Waals surface area (Å²) in [5, 5.41) is 12.2. The zero-order valence-electron chi connectivity index (χ0n) is 11.4. The number of nitrogens with two attached hydrogens (primary N) is 1. The van der Waals surface area contributed by atoms with Crippen LogP contribution in [0.3, 0.4) is 0 Å². The van der Waals surface area contributed by atoms with Gasteiger partial charge in [-0.15, -0.1) is 0 Å². The van der Waals surface area contributed by atoms with Gasteiger partial charge in [0.1, 0.15) is 6.10 Å². The standard InChI is InChI=1S/C14H22N2O3/c1-5-7-11(6-2)8-12(15)13(18)14(19)16-9(3)10(4)17/h5-7,9,12-13,18H,1-2,8,15H2,3-4H3,(H,16,19)/b11-7+. The molecule has 0 fully saturated rings. The van der Waals surface area contributed by atoms with Gasteiger partial charge in [-0.3, -0.25) is 9.59 Å². The molecule has 0 radical (unpaired) electrons. The van der Waals surface area contributed by atoms with Crippen molar-refractivity contribution in [1.82, 2.24) is 5.32 Å². The lowest BCUT2D eigenvalue weighted by Gasteiger charge is -2.20. The van der Waals surface area contributed by atoms with E-state index in [1.807, 2.05) is 0 Å². The molecule has 4 N–H and O–H groups in total. The minimum absolute atomic E-state index is 0.188. The average molecular weight is 266 g/mol. The van der Waals surface area contributed by atoms with Crippen molar-refractivity contribution in [2.45, 2.75) is 38.5 Å². The Labute approximate surface area is 113 Å². The van der Waals surface area contributed by atoms with Crippen molar-refractivity contribution in [3.05, 3.63) is 37.0 Å². The van der Waals surface area contributed by atoms with Crippen LogP contribution in [0, 0.1) is 0 Å². The van der Waals surface area contributed by atoms with Crippen LogP contribution in [0.5, 0.6) is 0 Å². The molecule has 0 rings (SSSR count). The fourth-order valence-electron chi connectivity index (χ4n) is 1.35. The Bertz CT molecular complexity index is 388.